The standard InChI is InChI=1S/C25H30O6/c1-5-6-10-22(28)31-25(2,3)15-30-23-19(12-14-21(27)24(23)29-4)16-8-7-9-18-17(16)11-13-20(18)26/h7-9,12,14,27H,5-6,10-11,13,15H2,1-4H3. The molecule has 0 amide bonds. The number of esters is 1. The maximum atomic E-state index is 12.2. The van der Waals surface area contributed by atoms with Gasteiger partial charge in [0.1, 0.15) is 12.2 Å². The van der Waals surface area contributed by atoms with Gasteiger partial charge in [0.25, 0.3) is 0 Å². The number of unbranched alkanes of at least 4 members (excludes halogenated alkanes) is 1. The van der Waals surface area contributed by atoms with Gasteiger partial charge in [-0.15, -0.1) is 0 Å². The summed E-state index contributed by atoms with van der Waals surface area (Å²) in [6.07, 6.45) is 3.20. The van der Waals surface area contributed by atoms with Crippen LogP contribution in [0.15, 0.2) is 30.3 Å². The largest absolute Gasteiger partial charge is 0.504 e. The molecule has 0 saturated heterocycles. The highest BCUT2D eigenvalue weighted by Crippen LogP contribution is 2.46. The third-order valence-electron chi connectivity index (χ3n) is 5.35. The lowest BCUT2D eigenvalue weighted by molar-refractivity contribution is -0.159. The van der Waals surface area contributed by atoms with Crippen molar-refractivity contribution < 1.29 is 28.9 Å². The monoisotopic (exact) mass is 426 g/mol. The predicted octanol–water partition coefficient (Wildman–Crippen LogP) is 5.09. The van der Waals surface area contributed by atoms with Crippen LogP contribution in [0.2, 0.25) is 0 Å². The number of phenolic OH excluding ortho intramolecular Hbond substituents is 1. The molecule has 1 aliphatic carbocycles. The summed E-state index contributed by atoms with van der Waals surface area (Å²) >= 11 is 0. The quantitative estimate of drug-likeness (QED) is 0.563. The highest BCUT2D eigenvalue weighted by atomic mass is 16.6. The van der Waals surface area contributed by atoms with E-state index in [1.807, 2.05) is 25.1 Å². The molecule has 1 aliphatic rings. The Bertz CT molecular complexity index is 976. The zero-order chi connectivity index (χ0) is 22.6. The van der Waals surface area contributed by atoms with Crippen LogP contribution in [0.25, 0.3) is 11.1 Å². The number of benzene rings is 2. The predicted molar refractivity (Wildman–Crippen MR) is 118 cm³/mol. The van der Waals surface area contributed by atoms with Gasteiger partial charge < -0.3 is 19.3 Å². The Hall–Kier alpha value is -3.02. The number of hydrogen-bond donors (Lipinski definition) is 1. The summed E-state index contributed by atoms with van der Waals surface area (Å²) in [5, 5.41) is 10.3. The minimum Gasteiger partial charge on any atom is -0.504 e. The first kappa shape index (κ1) is 22.7. The molecule has 0 radical (unpaired) electrons. The van der Waals surface area contributed by atoms with Crippen LogP contribution in [0, 0.1) is 0 Å². The summed E-state index contributed by atoms with van der Waals surface area (Å²) in [6, 6.07) is 8.93. The average Bonchev–Trinajstić information content (AvgIpc) is 3.11. The van der Waals surface area contributed by atoms with E-state index >= 15 is 0 Å². The molecule has 0 aromatic heterocycles. The third kappa shape index (κ3) is 5.01. The Balaban J connectivity index is 1.93. The van der Waals surface area contributed by atoms with Crippen molar-refractivity contribution in [2.45, 2.75) is 58.5 Å². The van der Waals surface area contributed by atoms with E-state index < -0.39 is 5.60 Å². The minimum absolute atomic E-state index is 0.0531. The second-order valence-electron chi connectivity index (χ2n) is 8.38. The topological polar surface area (TPSA) is 82.1 Å². The van der Waals surface area contributed by atoms with Gasteiger partial charge in [-0.25, -0.2) is 0 Å². The number of aromatic hydroxyl groups is 1. The van der Waals surface area contributed by atoms with Crippen molar-refractivity contribution in [1.29, 1.82) is 0 Å². The van der Waals surface area contributed by atoms with Crippen LogP contribution in [0.5, 0.6) is 17.2 Å². The van der Waals surface area contributed by atoms with Crippen molar-refractivity contribution in [3.8, 4) is 28.4 Å². The van der Waals surface area contributed by atoms with Crippen LogP contribution < -0.4 is 9.47 Å². The molecule has 0 spiro atoms. The Morgan fingerprint density at radius 2 is 1.81 bits per heavy atom. The van der Waals surface area contributed by atoms with Crippen molar-refractivity contribution in [1.82, 2.24) is 0 Å². The molecule has 0 heterocycles. The molecule has 2 aromatic rings. The van der Waals surface area contributed by atoms with E-state index in [0.717, 1.165) is 29.5 Å². The molecule has 0 bridgehead atoms. The number of carbonyl (C=O) groups excluding carboxylic acids is 2. The minimum atomic E-state index is -0.868. The number of methoxy groups -OCH3 is 1. The first-order valence-electron chi connectivity index (χ1n) is 10.7. The maximum absolute atomic E-state index is 12.2. The van der Waals surface area contributed by atoms with Crippen LogP contribution in [0.4, 0.5) is 0 Å². The van der Waals surface area contributed by atoms with Crippen LogP contribution in [0.1, 0.15) is 62.4 Å². The summed E-state index contributed by atoms with van der Waals surface area (Å²) in [5.74, 6) is 0.367. The first-order valence-corrected chi connectivity index (χ1v) is 10.7. The summed E-state index contributed by atoms with van der Waals surface area (Å²) < 4.78 is 17.1. The fraction of sp³-hybridized carbons (Fsp3) is 0.440. The molecule has 6 heteroatoms. The Labute approximate surface area is 183 Å². The number of ketones is 1. The SMILES string of the molecule is CCCCC(=O)OC(C)(C)COc1c(-c2cccc3c2CCC3=O)ccc(O)c1OC. The fourth-order valence-electron chi connectivity index (χ4n) is 3.80. The lowest BCUT2D eigenvalue weighted by atomic mass is 9.95. The number of ether oxygens (including phenoxy) is 3. The summed E-state index contributed by atoms with van der Waals surface area (Å²) in [6.45, 7) is 5.66. The zero-order valence-corrected chi connectivity index (χ0v) is 18.6. The van der Waals surface area contributed by atoms with Crippen molar-refractivity contribution in [3.05, 3.63) is 41.5 Å². The van der Waals surface area contributed by atoms with Crippen molar-refractivity contribution in [2.24, 2.45) is 0 Å². The molecule has 166 valence electrons. The molecular weight excluding hydrogens is 396 g/mol. The molecule has 1 N–H and O–H groups in total. The number of Topliss-reactive ketones (excluding diaryl/α,β-unsaturated/α-hetero) is 1. The van der Waals surface area contributed by atoms with Gasteiger partial charge in [-0.05, 0) is 49.9 Å². The molecule has 3 rings (SSSR count). The summed E-state index contributed by atoms with van der Waals surface area (Å²) in [5.41, 5.74) is 2.41. The molecular formula is C25H30O6. The smallest absolute Gasteiger partial charge is 0.306 e. The normalized spacial score (nSPS) is 13.1. The van der Waals surface area contributed by atoms with Gasteiger partial charge in [0.2, 0.25) is 5.75 Å². The fourth-order valence-corrected chi connectivity index (χ4v) is 3.80. The molecule has 0 fully saturated rings. The van der Waals surface area contributed by atoms with Crippen LogP contribution in [0.3, 0.4) is 0 Å². The first-order chi connectivity index (χ1) is 14.8. The number of hydrogen-bond acceptors (Lipinski definition) is 6. The van der Waals surface area contributed by atoms with E-state index in [4.69, 9.17) is 14.2 Å². The lowest BCUT2D eigenvalue weighted by Gasteiger charge is -2.27. The second kappa shape index (κ2) is 9.41. The Morgan fingerprint density at radius 3 is 2.52 bits per heavy atom. The Morgan fingerprint density at radius 1 is 1.06 bits per heavy atom. The summed E-state index contributed by atoms with van der Waals surface area (Å²) in [4.78, 5) is 24.3. The van der Waals surface area contributed by atoms with Crippen LogP contribution in [-0.2, 0) is 16.0 Å². The Kier molecular flexibility index (Phi) is 6.88. The third-order valence-corrected chi connectivity index (χ3v) is 5.35. The van der Waals surface area contributed by atoms with E-state index in [9.17, 15) is 14.7 Å². The molecule has 0 atom stereocenters. The number of phenols is 1. The van der Waals surface area contributed by atoms with Gasteiger partial charge in [0, 0.05) is 24.0 Å². The zero-order valence-electron chi connectivity index (χ0n) is 18.6. The van der Waals surface area contributed by atoms with Gasteiger partial charge in [0.05, 0.1) is 7.11 Å². The molecule has 2 aromatic carbocycles. The van der Waals surface area contributed by atoms with E-state index in [1.165, 1.54) is 7.11 Å². The van der Waals surface area contributed by atoms with E-state index in [0.29, 0.717) is 30.6 Å². The highest BCUT2D eigenvalue weighted by Gasteiger charge is 2.28. The van der Waals surface area contributed by atoms with Gasteiger partial charge in [0.15, 0.2) is 17.3 Å². The van der Waals surface area contributed by atoms with E-state index in [-0.39, 0.29) is 29.9 Å². The van der Waals surface area contributed by atoms with E-state index in [2.05, 4.69) is 0 Å². The molecule has 0 saturated carbocycles. The van der Waals surface area contributed by atoms with Gasteiger partial charge >= 0.3 is 5.97 Å². The van der Waals surface area contributed by atoms with Gasteiger partial charge in [-0.2, -0.15) is 0 Å². The maximum Gasteiger partial charge on any atom is 0.306 e. The average molecular weight is 427 g/mol. The van der Waals surface area contributed by atoms with Gasteiger partial charge in [-0.1, -0.05) is 31.5 Å². The second-order valence-corrected chi connectivity index (χ2v) is 8.38. The molecule has 0 unspecified atom stereocenters. The van der Waals surface area contributed by atoms with E-state index in [1.54, 1.807) is 26.0 Å². The molecule has 31 heavy (non-hydrogen) atoms. The van der Waals surface area contributed by atoms with Crippen molar-refractivity contribution in [3.63, 3.8) is 0 Å². The molecule has 6 nitrogen and oxygen atoms in total. The lowest BCUT2D eigenvalue weighted by Crippen LogP contribution is -2.35. The summed E-state index contributed by atoms with van der Waals surface area (Å²) in [7, 11) is 1.46. The van der Waals surface area contributed by atoms with Crippen molar-refractivity contribution >= 4 is 11.8 Å². The van der Waals surface area contributed by atoms with Crippen LogP contribution >= 0.6 is 0 Å². The van der Waals surface area contributed by atoms with Gasteiger partial charge in [-0.3, -0.25) is 9.59 Å². The molecule has 0 aliphatic heterocycles. The highest BCUT2D eigenvalue weighted by molar-refractivity contribution is 6.02. The number of carbonyl (C=O) groups is 2. The number of fused-ring (bicyclic) bond motifs is 1. The van der Waals surface area contributed by atoms with Crippen molar-refractivity contribution in [2.75, 3.05) is 13.7 Å². The number of rotatable bonds is 9. The van der Waals surface area contributed by atoms with Crippen LogP contribution in [-0.4, -0.2) is 36.2 Å².